The molecule has 0 amide bonds. The summed E-state index contributed by atoms with van der Waals surface area (Å²) >= 11 is 0. The summed E-state index contributed by atoms with van der Waals surface area (Å²) in [5.41, 5.74) is 1.79. The minimum atomic E-state index is -0.190. The van der Waals surface area contributed by atoms with Crippen LogP contribution in [0.25, 0.3) is 5.57 Å². The minimum absolute atomic E-state index is 0.190. The third kappa shape index (κ3) is 3.33. The summed E-state index contributed by atoms with van der Waals surface area (Å²) in [5, 5.41) is 3.22. The van der Waals surface area contributed by atoms with Crippen molar-refractivity contribution < 1.29 is 9.13 Å². The molecule has 1 aliphatic heterocycles. The van der Waals surface area contributed by atoms with E-state index >= 15 is 0 Å². The van der Waals surface area contributed by atoms with Crippen LogP contribution in [-0.2, 0) is 0 Å². The highest BCUT2D eigenvalue weighted by Crippen LogP contribution is 2.26. The normalized spacial score (nSPS) is 15.7. The van der Waals surface area contributed by atoms with Crippen LogP contribution in [0.2, 0.25) is 0 Å². The van der Waals surface area contributed by atoms with Crippen LogP contribution in [0.1, 0.15) is 25.8 Å². The van der Waals surface area contributed by atoms with Crippen LogP contribution in [0.3, 0.4) is 0 Å². The van der Waals surface area contributed by atoms with Crippen molar-refractivity contribution in [2.75, 3.05) is 19.7 Å². The standard InChI is InChI=1S/C15H20FNO/c1-11(2)10-18-13-3-4-14(15(16)9-13)12-5-7-17-8-6-12/h3-5,9,11,17H,6-8,10H2,1-2H3. The van der Waals surface area contributed by atoms with Gasteiger partial charge >= 0.3 is 0 Å². The average Bonchev–Trinajstić information content (AvgIpc) is 2.37. The van der Waals surface area contributed by atoms with Crippen LogP contribution >= 0.6 is 0 Å². The van der Waals surface area contributed by atoms with Gasteiger partial charge in [-0.3, -0.25) is 0 Å². The summed E-state index contributed by atoms with van der Waals surface area (Å²) in [7, 11) is 0. The maximum absolute atomic E-state index is 14.0. The van der Waals surface area contributed by atoms with Gasteiger partial charge in [0.2, 0.25) is 0 Å². The maximum atomic E-state index is 14.0. The van der Waals surface area contributed by atoms with Gasteiger partial charge in [0.1, 0.15) is 11.6 Å². The first kappa shape index (κ1) is 13.1. The molecule has 0 saturated carbocycles. The zero-order chi connectivity index (χ0) is 13.0. The number of halogens is 1. The molecule has 0 bridgehead atoms. The van der Waals surface area contributed by atoms with Gasteiger partial charge in [-0.15, -0.1) is 0 Å². The van der Waals surface area contributed by atoms with Crippen molar-refractivity contribution in [2.45, 2.75) is 20.3 Å². The van der Waals surface area contributed by atoms with Gasteiger partial charge in [-0.1, -0.05) is 19.9 Å². The van der Waals surface area contributed by atoms with E-state index in [-0.39, 0.29) is 5.82 Å². The Kier molecular flexibility index (Phi) is 4.37. The van der Waals surface area contributed by atoms with Gasteiger partial charge < -0.3 is 10.1 Å². The Labute approximate surface area is 108 Å². The zero-order valence-corrected chi connectivity index (χ0v) is 11.0. The van der Waals surface area contributed by atoms with Gasteiger partial charge in [0.25, 0.3) is 0 Å². The quantitative estimate of drug-likeness (QED) is 0.884. The van der Waals surface area contributed by atoms with Crippen molar-refractivity contribution in [3.8, 4) is 5.75 Å². The van der Waals surface area contributed by atoms with Crippen molar-refractivity contribution in [3.63, 3.8) is 0 Å². The SMILES string of the molecule is CC(C)COc1ccc(C2=CCNCC2)c(F)c1. The van der Waals surface area contributed by atoms with Crippen molar-refractivity contribution in [1.82, 2.24) is 5.32 Å². The lowest BCUT2D eigenvalue weighted by molar-refractivity contribution is 0.270. The number of hydrogen-bond acceptors (Lipinski definition) is 2. The van der Waals surface area contributed by atoms with E-state index in [9.17, 15) is 4.39 Å². The largest absolute Gasteiger partial charge is 0.493 e. The summed E-state index contributed by atoms with van der Waals surface area (Å²) in [5.74, 6) is 0.865. The molecule has 0 aliphatic carbocycles. The molecule has 0 unspecified atom stereocenters. The Hall–Kier alpha value is -1.35. The highest BCUT2D eigenvalue weighted by atomic mass is 19.1. The van der Waals surface area contributed by atoms with Crippen LogP contribution < -0.4 is 10.1 Å². The van der Waals surface area contributed by atoms with E-state index in [0.717, 1.165) is 25.1 Å². The van der Waals surface area contributed by atoms with Gasteiger partial charge in [-0.2, -0.15) is 0 Å². The van der Waals surface area contributed by atoms with Crippen LogP contribution in [0.4, 0.5) is 4.39 Å². The van der Waals surface area contributed by atoms with Crippen LogP contribution in [0.5, 0.6) is 5.75 Å². The van der Waals surface area contributed by atoms with Gasteiger partial charge in [0.05, 0.1) is 6.61 Å². The van der Waals surface area contributed by atoms with E-state index in [1.165, 1.54) is 6.07 Å². The number of benzene rings is 1. The van der Waals surface area contributed by atoms with E-state index in [4.69, 9.17) is 4.74 Å². The Morgan fingerprint density at radius 1 is 1.39 bits per heavy atom. The topological polar surface area (TPSA) is 21.3 Å². The molecule has 2 rings (SSSR count). The monoisotopic (exact) mass is 249 g/mol. The Bertz CT molecular complexity index is 440. The first-order chi connectivity index (χ1) is 8.66. The molecule has 1 aromatic rings. The van der Waals surface area contributed by atoms with E-state index in [0.29, 0.717) is 23.8 Å². The highest BCUT2D eigenvalue weighted by Gasteiger charge is 2.11. The summed E-state index contributed by atoms with van der Waals surface area (Å²) in [4.78, 5) is 0. The lowest BCUT2D eigenvalue weighted by atomic mass is 10.00. The molecule has 0 radical (unpaired) electrons. The van der Waals surface area contributed by atoms with Gasteiger partial charge in [0, 0.05) is 18.2 Å². The predicted molar refractivity (Wildman–Crippen MR) is 72.2 cm³/mol. The second-order valence-corrected chi connectivity index (χ2v) is 5.03. The van der Waals surface area contributed by atoms with Gasteiger partial charge in [-0.05, 0) is 36.6 Å². The fourth-order valence-electron chi connectivity index (χ4n) is 1.98. The highest BCUT2D eigenvalue weighted by molar-refractivity contribution is 5.67. The minimum Gasteiger partial charge on any atom is -0.493 e. The number of nitrogens with one attached hydrogen (secondary N) is 1. The van der Waals surface area contributed by atoms with Crippen molar-refractivity contribution >= 4 is 5.57 Å². The average molecular weight is 249 g/mol. The molecule has 1 heterocycles. The molecule has 0 aromatic heterocycles. The van der Waals surface area contributed by atoms with Crippen molar-refractivity contribution in [1.29, 1.82) is 0 Å². The van der Waals surface area contributed by atoms with Crippen LogP contribution in [-0.4, -0.2) is 19.7 Å². The van der Waals surface area contributed by atoms with Crippen molar-refractivity contribution in [3.05, 3.63) is 35.7 Å². The smallest absolute Gasteiger partial charge is 0.134 e. The summed E-state index contributed by atoms with van der Waals surface area (Å²) < 4.78 is 19.5. The fourth-order valence-corrected chi connectivity index (χ4v) is 1.98. The predicted octanol–water partition coefficient (Wildman–Crippen LogP) is 3.24. The molecule has 1 N–H and O–H groups in total. The Balaban J connectivity index is 2.12. The molecule has 0 fully saturated rings. The molecule has 98 valence electrons. The first-order valence-corrected chi connectivity index (χ1v) is 6.49. The van der Waals surface area contributed by atoms with E-state index in [2.05, 4.69) is 25.2 Å². The summed E-state index contributed by atoms with van der Waals surface area (Å²) in [6, 6.07) is 5.16. The molecular formula is C15H20FNO. The molecule has 0 atom stereocenters. The molecule has 18 heavy (non-hydrogen) atoms. The lowest BCUT2D eigenvalue weighted by Gasteiger charge is -2.16. The van der Waals surface area contributed by atoms with Crippen LogP contribution in [0.15, 0.2) is 24.3 Å². The van der Waals surface area contributed by atoms with Gasteiger partial charge in [0.15, 0.2) is 0 Å². The molecule has 3 heteroatoms. The first-order valence-electron chi connectivity index (χ1n) is 6.49. The van der Waals surface area contributed by atoms with E-state index in [1.54, 1.807) is 0 Å². The molecule has 1 aliphatic rings. The summed E-state index contributed by atoms with van der Waals surface area (Å²) in [6.07, 6.45) is 2.93. The lowest BCUT2D eigenvalue weighted by Crippen LogP contribution is -2.20. The number of hydrogen-bond donors (Lipinski definition) is 1. The third-order valence-electron chi connectivity index (χ3n) is 2.93. The molecule has 1 aromatic carbocycles. The van der Waals surface area contributed by atoms with E-state index < -0.39 is 0 Å². The maximum Gasteiger partial charge on any atom is 0.134 e. The molecular weight excluding hydrogens is 229 g/mol. The fraction of sp³-hybridized carbons (Fsp3) is 0.467. The molecule has 2 nitrogen and oxygen atoms in total. The second-order valence-electron chi connectivity index (χ2n) is 5.03. The number of ether oxygens (including phenoxy) is 1. The third-order valence-corrected chi connectivity index (χ3v) is 2.93. The Morgan fingerprint density at radius 2 is 2.22 bits per heavy atom. The van der Waals surface area contributed by atoms with E-state index in [1.807, 2.05) is 12.1 Å². The van der Waals surface area contributed by atoms with Gasteiger partial charge in [-0.25, -0.2) is 4.39 Å². The Morgan fingerprint density at radius 3 is 2.83 bits per heavy atom. The molecule has 0 spiro atoms. The van der Waals surface area contributed by atoms with Crippen molar-refractivity contribution in [2.24, 2.45) is 5.92 Å². The second kappa shape index (κ2) is 6.01. The van der Waals surface area contributed by atoms with Crippen LogP contribution in [0, 0.1) is 11.7 Å². The molecule has 0 saturated heterocycles. The number of rotatable bonds is 4. The summed E-state index contributed by atoms with van der Waals surface area (Å²) in [6.45, 7) is 6.50. The zero-order valence-electron chi connectivity index (χ0n) is 11.0.